The van der Waals surface area contributed by atoms with Gasteiger partial charge in [0.25, 0.3) is 15.9 Å². The van der Waals surface area contributed by atoms with Crippen molar-refractivity contribution in [3.8, 4) is 0 Å². The fourth-order valence-corrected chi connectivity index (χ4v) is 6.31. The number of fused-ring (bicyclic) bond motifs is 2. The van der Waals surface area contributed by atoms with Gasteiger partial charge in [-0.1, -0.05) is 35.7 Å². The molecule has 5 nitrogen and oxygen atoms in total. The van der Waals surface area contributed by atoms with Gasteiger partial charge in [0.15, 0.2) is 0 Å². The molecule has 2 aromatic rings. The quantitative estimate of drug-likeness (QED) is 0.720. The number of halogens is 1. The molecule has 0 saturated heterocycles. The first-order chi connectivity index (χ1) is 13.7. The number of rotatable bonds is 5. The maximum absolute atomic E-state index is 13.0. The molecular weight excluding hydrogens is 408 g/mol. The van der Waals surface area contributed by atoms with Gasteiger partial charge in [0.1, 0.15) is 4.90 Å². The van der Waals surface area contributed by atoms with E-state index in [1.165, 1.54) is 25.0 Å². The van der Waals surface area contributed by atoms with Crippen molar-refractivity contribution >= 4 is 33.2 Å². The summed E-state index contributed by atoms with van der Waals surface area (Å²) in [5, 5.41) is 3.17. The predicted octanol–water partition coefficient (Wildman–Crippen LogP) is 4.68. The second-order valence-corrected chi connectivity index (χ2v) is 10.4. The Morgan fingerprint density at radius 3 is 2.52 bits per heavy atom. The second-order valence-electron chi connectivity index (χ2n) is 8.32. The van der Waals surface area contributed by atoms with Crippen LogP contribution in [0.4, 0.5) is 5.69 Å². The highest BCUT2D eigenvalue weighted by molar-refractivity contribution is 7.92. The maximum atomic E-state index is 13.0. The molecule has 0 spiro atoms. The largest absolute Gasteiger partial charge is 0.349 e. The van der Waals surface area contributed by atoms with Gasteiger partial charge in [-0.2, -0.15) is 0 Å². The van der Waals surface area contributed by atoms with E-state index < -0.39 is 10.0 Å². The summed E-state index contributed by atoms with van der Waals surface area (Å²) < 4.78 is 28.5. The minimum Gasteiger partial charge on any atom is -0.349 e. The lowest BCUT2D eigenvalue weighted by Gasteiger charge is -2.23. The van der Waals surface area contributed by atoms with E-state index in [-0.39, 0.29) is 21.9 Å². The molecule has 154 valence electrons. The summed E-state index contributed by atoms with van der Waals surface area (Å²) in [6.07, 6.45) is 4.62. The van der Waals surface area contributed by atoms with Crippen molar-refractivity contribution in [1.29, 1.82) is 0 Å². The number of hydrogen-bond donors (Lipinski definition) is 2. The summed E-state index contributed by atoms with van der Waals surface area (Å²) in [4.78, 5) is 12.7. The zero-order valence-corrected chi connectivity index (χ0v) is 18.1. The Balaban J connectivity index is 1.56. The molecule has 2 aliphatic carbocycles. The Labute approximate surface area is 176 Å². The van der Waals surface area contributed by atoms with Crippen LogP contribution in [0.5, 0.6) is 0 Å². The number of benzene rings is 2. The van der Waals surface area contributed by atoms with Crippen LogP contribution in [0.25, 0.3) is 0 Å². The number of carbonyl (C=O) groups excluding carboxylic acids is 1. The summed E-state index contributed by atoms with van der Waals surface area (Å²) >= 11 is 6.19. The molecule has 0 radical (unpaired) electrons. The van der Waals surface area contributed by atoms with Crippen molar-refractivity contribution in [2.75, 3.05) is 4.72 Å². The number of amides is 1. The Kier molecular flexibility index (Phi) is 5.34. The lowest BCUT2D eigenvalue weighted by molar-refractivity contribution is 0.0922. The monoisotopic (exact) mass is 432 g/mol. The maximum Gasteiger partial charge on any atom is 0.263 e. The van der Waals surface area contributed by atoms with Crippen molar-refractivity contribution in [3.05, 3.63) is 58.1 Å². The van der Waals surface area contributed by atoms with E-state index in [1.54, 1.807) is 12.1 Å². The van der Waals surface area contributed by atoms with E-state index in [1.807, 2.05) is 26.0 Å². The molecule has 0 aromatic heterocycles. The standard InChI is InChI=1S/C22H25ClN2O3S/c1-13-3-8-19(14(2)9-13)25-29(27,28)21-12-17(6-7-18(21)23)22(26)24-20-11-15-4-5-16(20)10-15/h3,6-9,12,15-16,20,25H,4-5,10-11H2,1-2H3,(H,24,26)/t15-,16-,20-/m1/s1. The van der Waals surface area contributed by atoms with Crippen LogP contribution in [0, 0.1) is 25.7 Å². The zero-order chi connectivity index (χ0) is 20.8. The highest BCUT2D eigenvalue weighted by Crippen LogP contribution is 2.44. The molecule has 29 heavy (non-hydrogen) atoms. The number of aryl methyl sites for hydroxylation is 2. The average molecular weight is 433 g/mol. The third-order valence-electron chi connectivity index (χ3n) is 6.16. The van der Waals surface area contributed by atoms with Gasteiger partial charge in [0.05, 0.1) is 10.7 Å². The fraction of sp³-hybridized carbons (Fsp3) is 0.409. The number of carbonyl (C=O) groups is 1. The average Bonchev–Trinajstić information content (AvgIpc) is 3.27. The van der Waals surface area contributed by atoms with Gasteiger partial charge in [-0.15, -0.1) is 0 Å². The molecule has 2 saturated carbocycles. The lowest BCUT2D eigenvalue weighted by Crippen LogP contribution is -2.38. The molecule has 0 unspecified atom stereocenters. The molecular formula is C22H25ClN2O3S. The minimum atomic E-state index is -3.93. The molecule has 7 heteroatoms. The molecule has 1 amide bonds. The summed E-state index contributed by atoms with van der Waals surface area (Å²) in [6, 6.07) is 10.0. The number of hydrogen-bond acceptors (Lipinski definition) is 3. The predicted molar refractivity (Wildman–Crippen MR) is 115 cm³/mol. The van der Waals surface area contributed by atoms with Crippen LogP contribution in [0.1, 0.15) is 47.2 Å². The molecule has 2 bridgehead atoms. The zero-order valence-electron chi connectivity index (χ0n) is 16.5. The molecule has 3 atom stereocenters. The molecule has 4 rings (SSSR count). The van der Waals surface area contributed by atoms with Crippen molar-refractivity contribution in [2.24, 2.45) is 11.8 Å². The molecule has 0 heterocycles. The highest BCUT2D eigenvalue weighted by atomic mass is 35.5. The van der Waals surface area contributed by atoms with Crippen LogP contribution in [0.3, 0.4) is 0 Å². The first kappa shape index (κ1) is 20.2. The van der Waals surface area contributed by atoms with Crippen LogP contribution >= 0.6 is 11.6 Å². The van der Waals surface area contributed by atoms with Crippen LogP contribution in [0.2, 0.25) is 5.02 Å². The molecule has 2 aliphatic rings. The van der Waals surface area contributed by atoms with Crippen molar-refractivity contribution in [3.63, 3.8) is 0 Å². The summed E-state index contributed by atoms with van der Waals surface area (Å²) in [6.45, 7) is 3.78. The van der Waals surface area contributed by atoms with Gasteiger partial charge >= 0.3 is 0 Å². The van der Waals surface area contributed by atoms with Gasteiger partial charge in [0.2, 0.25) is 0 Å². The smallest absolute Gasteiger partial charge is 0.263 e. The molecule has 0 aliphatic heterocycles. The van der Waals surface area contributed by atoms with Crippen LogP contribution in [0.15, 0.2) is 41.3 Å². The third kappa shape index (κ3) is 4.14. The Morgan fingerprint density at radius 1 is 1.07 bits per heavy atom. The van der Waals surface area contributed by atoms with Gasteiger partial charge in [-0.05, 0) is 74.8 Å². The summed E-state index contributed by atoms with van der Waals surface area (Å²) in [5.41, 5.74) is 2.65. The van der Waals surface area contributed by atoms with E-state index in [0.29, 0.717) is 23.1 Å². The van der Waals surface area contributed by atoms with Crippen LogP contribution in [-0.2, 0) is 10.0 Å². The fourth-order valence-electron chi connectivity index (χ4n) is 4.65. The first-order valence-electron chi connectivity index (χ1n) is 9.93. The topological polar surface area (TPSA) is 75.3 Å². The van der Waals surface area contributed by atoms with E-state index in [2.05, 4.69) is 10.0 Å². The van der Waals surface area contributed by atoms with Gasteiger partial charge < -0.3 is 5.32 Å². The minimum absolute atomic E-state index is 0.0822. The van der Waals surface area contributed by atoms with Crippen LogP contribution < -0.4 is 10.0 Å². The van der Waals surface area contributed by atoms with E-state index in [4.69, 9.17) is 11.6 Å². The lowest BCUT2D eigenvalue weighted by atomic mass is 9.95. The van der Waals surface area contributed by atoms with Crippen molar-refractivity contribution < 1.29 is 13.2 Å². The molecule has 2 fully saturated rings. The van der Waals surface area contributed by atoms with E-state index >= 15 is 0 Å². The van der Waals surface area contributed by atoms with E-state index in [0.717, 1.165) is 24.0 Å². The normalized spacial score (nSPS) is 23.2. The molecule has 2 N–H and O–H groups in total. The van der Waals surface area contributed by atoms with Gasteiger partial charge in [-0.25, -0.2) is 8.42 Å². The van der Waals surface area contributed by atoms with Crippen molar-refractivity contribution in [2.45, 2.75) is 50.5 Å². The number of anilines is 1. The number of sulfonamides is 1. The van der Waals surface area contributed by atoms with E-state index in [9.17, 15) is 13.2 Å². The van der Waals surface area contributed by atoms with Crippen molar-refractivity contribution in [1.82, 2.24) is 5.32 Å². The third-order valence-corrected chi connectivity index (χ3v) is 8.01. The van der Waals surface area contributed by atoms with Gasteiger partial charge in [-0.3, -0.25) is 9.52 Å². The Hall–Kier alpha value is -2.05. The highest BCUT2D eigenvalue weighted by Gasteiger charge is 2.40. The van der Waals surface area contributed by atoms with Gasteiger partial charge in [0, 0.05) is 11.6 Å². The Bertz CT molecular complexity index is 1070. The summed E-state index contributed by atoms with van der Waals surface area (Å²) in [7, 11) is -3.93. The molecule has 2 aromatic carbocycles. The van der Waals surface area contributed by atoms with Crippen LogP contribution in [-0.4, -0.2) is 20.4 Å². The SMILES string of the molecule is Cc1ccc(NS(=O)(=O)c2cc(C(=O)N[C@@H]3C[C@@H]4CC[C@@H]3C4)ccc2Cl)c(C)c1. The first-order valence-corrected chi connectivity index (χ1v) is 11.8. The summed E-state index contributed by atoms with van der Waals surface area (Å²) in [5.74, 6) is 1.02. The Morgan fingerprint density at radius 2 is 1.86 bits per heavy atom. The number of nitrogens with one attached hydrogen (secondary N) is 2. The second kappa shape index (κ2) is 7.65.